The molecule has 21 heavy (non-hydrogen) atoms. The molecule has 0 unspecified atom stereocenters. The van der Waals surface area contributed by atoms with Crippen LogP contribution in [-0.2, 0) is 4.79 Å². The molecule has 0 saturated heterocycles. The Morgan fingerprint density at radius 3 is 2.67 bits per heavy atom. The fourth-order valence-corrected chi connectivity index (χ4v) is 2.14. The van der Waals surface area contributed by atoms with Gasteiger partial charge in [-0.05, 0) is 42.5 Å². The van der Waals surface area contributed by atoms with E-state index in [1.165, 1.54) is 0 Å². The van der Waals surface area contributed by atoms with Gasteiger partial charge in [0.1, 0.15) is 5.75 Å². The molecule has 0 saturated carbocycles. The Hall–Kier alpha value is -1.72. The number of anilines is 2. The van der Waals surface area contributed by atoms with Gasteiger partial charge in [-0.2, -0.15) is 0 Å². The van der Waals surface area contributed by atoms with E-state index in [2.05, 4.69) is 21.2 Å². The summed E-state index contributed by atoms with van der Waals surface area (Å²) in [5.41, 5.74) is 6.94. The predicted molar refractivity (Wildman–Crippen MR) is 88.7 cm³/mol. The fourth-order valence-electron chi connectivity index (χ4n) is 1.63. The third kappa shape index (κ3) is 4.95. The topological polar surface area (TPSA) is 64.3 Å². The maximum Gasteiger partial charge on any atom is 0.227 e. The molecule has 2 rings (SSSR count). The monoisotopic (exact) mass is 368 g/mol. The number of nitrogen functional groups attached to an aromatic ring is 1. The van der Waals surface area contributed by atoms with E-state index in [1.807, 2.05) is 6.07 Å². The molecule has 0 heterocycles. The van der Waals surface area contributed by atoms with E-state index in [0.29, 0.717) is 22.1 Å². The van der Waals surface area contributed by atoms with Gasteiger partial charge in [-0.15, -0.1) is 0 Å². The summed E-state index contributed by atoms with van der Waals surface area (Å²) in [5.74, 6) is 0.414. The summed E-state index contributed by atoms with van der Waals surface area (Å²) in [5, 5.41) is 3.28. The summed E-state index contributed by atoms with van der Waals surface area (Å²) in [6.07, 6.45) is 0.229. The van der Waals surface area contributed by atoms with Crippen LogP contribution in [0.5, 0.6) is 5.75 Å². The zero-order valence-corrected chi connectivity index (χ0v) is 13.4. The number of hydrogen-bond donors (Lipinski definition) is 2. The number of carbonyl (C=O) groups excluding carboxylic acids is 1. The van der Waals surface area contributed by atoms with Crippen LogP contribution in [0.4, 0.5) is 11.4 Å². The quantitative estimate of drug-likeness (QED) is 0.780. The lowest BCUT2D eigenvalue weighted by atomic mass is 10.3. The molecule has 0 aromatic heterocycles. The van der Waals surface area contributed by atoms with Crippen LogP contribution < -0.4 is 15.8 Å². The van der Waals surface area contributed by atoms with E-state index < -0.39 is 0 Å². The van der Waals surface area contributed by atoms with Gasteiger partial charge in [0.25, 0.3) is 0 Å². The Balaban J connectivity index is 1.81. The molecule has 2 aromatic rings. The van der Waals surface area contributed by atoms with Gasteiger partial charge in [0, 0.05) is 15.8 Å². The van der Waals surface area contributed by atoms with Crippen molar-refractivity contribution in [2.45, 2.75) is 6.42 Å². The van der Waals surface area contributed by atoms with Crippen LogP contribution in [-0.4, -0.2) is 12.5 Å². The average molecular weight is 370 g/mol. The van der Waals surface area contributed by atoms with Crippen LogP contribution in [0.2, 0.25) is 5.02 Å². The molecule has 0 spiro atoms. The highest BCUT2D eigenvalue weighted by atomic mass is 79.9. The molecule has 6 heteroatoms. The van der Waals surface area contributed by atoms with Crippen molar-refractivity contribution in [2.24, 2.45) is 0 Å². The zero-order valence-electron chi connectivity index (χ0n) is 11.1. The molecule has 0 fully saturated rings. The minimum absolute atomic E-state index is 0.133. The van der Waals surface area contributed by atoms with Crippen molar-refractivity contribution in [2.75, 3.05) is 17.7 Å². The van der Waals surface area contributed by atoms with E-state index >= 15 is 0 Å². The van der Waals surface area contributed by atoms with Gasteiger partial charge in [-0.1, -0.05) is 27.5 Å². The molecular weight excluding hydrogens is 356 g/mol. The van der Waals surface area contributed by atoms with Crippen molar-refractivity contribution >= 4 is 44.8 Å². The summed E-state index contributed by atoms with van der Waals surface area (Å²) in [6, 6.07) is 12.3. The van der Waals surface area contributed by atoms with Crippen molar-refractivity contribution in [3.8, 4) is 5.75 Å². The lowest BCUT2D eigenvalue weighted by molar-refractivity contribution is -0.116. The molecule has 2 aromatic carbocycles. The molecular formula is C15H14BrClN2O2. The Kier molecular flexibility index (Phi) is 5.47. The predicted octanol–water partition coefficient (Wildman–Crippen LogP) is 4.09. The lowest BCUT2D eigenvalue weighted by Gasteiger charge is -2.09. The van der Waals surface area contributed by atoms with Crippen LogP contribution in [0.15, 0.2) is 46.9 Å². The first-order valence-electron chi connectivity index (χ1n) is 6.28. The van der Waals surface area contributed by atoms with Gasteiger partial charge in [0.05, 0.1) is 18.1 Å². The first-order valence-corrected chi connectivity index (χ1v) is 7.45. The van der Waals surface area contributed by atoms with Gasteiger partial charge in [-0.25, -0.2) is 0 Å². The average Bonchev–Trinajstić information content (AvgIpc) is 2.45. The first kappa shape index (κ1) is 15.7. The number of hydrogen-bond acceptors (Lipinski definition) is 3. The second kappa shape index (κ2) is 7.33. The molecule has 4 nitrogen and oxygen atoms in total. The van der Waals surface area contributed by atoms with Crippen LogP contribution in [0, 0.1) is 0 Å². The van der Waals surface area contributed by atoms with Crippen molar-refractivity contribution < 1.29 is 9.53 Å². The third-order valence-corrected chi connectivity index (χ3v) is 3.48. The number of benzene rings is 2. The number of rotatable bonds is 5. The highest BCUT2D eigenvalue weighted by Crippen LogP contribution is 2.27. The number of amides is 1. The smallest absolute Gasteiger partial charge is 0.227 e. The molecule has 1 amide bonds. The number of nitrogens with one attached hydrogen (secondary N) is 1. The van der Waals surface area contributed by atoms with Crippen molar-refractivity contribution in [1.29, 1.82) is 0 Å². The molecule has 0 atom stereocenters. The maximum atomic E-state index is 11.8. The summed E-state index contributed by atoms with van der Waals surface area (Å²) in [7, 11) is 0. The van der Waals surface area contributed by atoms with Crippen molar-refractivity contribution in [3.63, 3.8) is 0 Å². The largest absolute Gasteiger partial charge is 0.491 e. The molecule has 3 N–H and O–H groups in total. The van der Waals surface area contributed by atoms with Gasteiger partial charge < -0.3 is 15.8 Å². The van der Waals surface area contributed by atoms with Crippen LogP contribution in [0.25, 0.3) is 0 Å². The third-order valence-electron chi connectivity index (χ3n) is 2.67. The molecule has 0 aliphatic rings. The number of ether oxygens (including phenoxy) is 1. The van der Waals surface area contributed by atoms with E-state index in [9.17, 15) is 4.79 Å². The minimum atomic E-state index is -0.133. The van der Waals surface area contributed by atoms with E-state index in [4.69, 9.17) is 22.1 Å². The SMILES string of the molecule is Nc1ccc(NC(=O)CCOc2cc(Br)ccc2Cl)cc1. The first-order chi connectivity index (χ1) is 10.0. The Bertz CT molecular complexity index is 632. The second-order valence-electron chi connectivity index (χ2n) is 4.34. The van der Waals surface area contributed by atoms with E-state index in [1.54, 1.807) is 36.4 Å². The van der Waals surface area contributed by atoms with Crippen LogP contribution in [0.3, 0.4) is 0 Å². The fraction of sp³-hybridized carbons (Fsp3) is 0.133. The number of nitrogens with two attached hydrogens (primary N) is 1. The molecule has 0 aliphatic heterocycles. The van der Waals surface area contributed by atoms with Gasteiger partial charge >= 0.3 is 0 Å². The summed E-state index contributed by atoms with van der Waals surface area (Å²) >= 11 is 9.34. The Morgan fingerprint density at radius 2 is 1.95 bits per heavy atom. The molecule has 0 radical (unpaired) electrons. The van der Waals surface area contributed by atoms with Crippen LogP contribution in [0.1, 0.15) is 6.42 Å². The highest BCUT2D eigenvalue weighted by molar-refractivity contribution is 9.10. The Labute approximate surface area is 136 Å². The van der Waals surface area contributed by atoms with Crippen molar-refractivity contribution in [1.82, 2.24) is 0 Å². The number of carbonyl (C=O) groups is 1. The summed E-state index contributed by atoms with van der Waals surface area (Å²) in [4.78, 5) is 11.8. The van der Waals surface area contributed by atoms with Gasteiger partial charge in [0.15, 0.2) is 0 Å². The Morgan fingerprint density at radius 1 is 1.24 bits per heavy atom. The normalized spacial score (nSPS) is 10.2. The standard InChI is InChI=1S/C15H14BrClN2O2/c16-10-1-6-13(17)14(9-10)21-8-7-15(20)19-12-4-2-11(18)3-5-12/h1-6,9H,7-8,18H2,(H,19,20). The molecule has 0 aliphatic carbocycles. The maximum absolute atomic E-state index is 11.8. The number of halogens is 2. The zero-order chi connectivity index (χ0) is 15.2. The van der Waals surface area contributed by atoms with E-state index in [0.717, 1.165) is 4.47 Å². The molecule has 0 bridgehead atoms. The molecule has 110 valence electrons. The second-order valence-corrected chi connectivity index (χ2v) is 5.67. The van der Waals surface area contributed by atoms with Gasteiger partial charge in [-0.3, -0.25) is 4.79 Å². The highest BCUT2D eigenvalue weighted by Gasteiger charge is 2.06. The van der Waals surface area contributed by atoms with Crippen LogP contribution >= 0.6 is 27.5 Å². The van der Waals surface area contributed by atoms with Gasteiger partial charge in [0.2, 0.25) is 5.91 Å². The summed E-state index contributed by atoms with van der Waals surface area (Å²) < 4.78 is 6.37. The summed E-state index contributed by atoms with van der Waals surface area (Å²) in [6.45, 7) is 0.247. The van der Waals surface area contributed by atoms with E-state index in [-0.39, 0.29) is 18.9 Å². The minimum Gasteiger partial charge on any atom is -0.491 e. The lowest BCUT2D eigenvalue weighted by Crippen LogP contribution is -2.15. The van der Waals surface area contributed by atoms with Crippen molar-refractivity contribution in [3.05, 3.63) is 52.0 Å².